The first-order valence-corrected chi connectivity index (χ1v) is 7.40. The topological polar surface area (TPSA) is 64.6 Å². The van der Waals surface area contributed by atoms with Crippen LogP contribution in [0.4, 0.5) is 10.5 Å². The number of hydrogen-bond donors (Lipinski definition) is 3. The summed E-state index contributed by atoms with van der Waals surface area (Å²) in [6.45, 7) is 4.61. The molecule has 0 fully saturated rings. The molecule has 5 nitrogen and oxygen atoms in total. The van der Waals surface area contributed by atoms with Crippen LogP contribution in [0, 0.1) is 6.92 Å². The van der Waals surface area contributed by atoms with Gasteiger partial charge in [0.1, 0.15) is 0 Å². The summed E-state index contributed by atoms with van der Waals surface area (Å²) < 4.78 is 0. The largest absolute Gasteiger partial charge is 0.396 e. The van der Waals surface area contributed by atoms with Gasteiger partial charge in [-0.1, -0.05) is 19.1 Å². The van der Waals surface area contributed by atoms with E-state index in [4.69, 9.17) is 5.11 Å². The third-order valence-corrected chi connectivity index (χ3v) is 3.47. The molecule has 118 valence electrons. The molecule has 1 aromatic rings. The second kappa shape index (κ2) is 8.52. The Morgan fingerprint density at radius 2 is 2.10 bits per heavy atom. The van der Waals surface area contributed by atoms with Crippen LogP contribution in [0.1, 0.15) is 30.9 Å². The molecule has 0 heterocycles. The number of anilines is 1. The van der Waals surface area contributed by atoms with Gasteiger partial charge in [0.25, 0.3) is 0 Å². The van der Waals surface area contributed by atoms with Gasteiger partial charge in [-0.15, -0.1) is 0 Å². The maximum Gasteiger partial charge on any atom is 0.315 e. The molecule has 0 aromatic heterocycles. The van der Waals surface area contributed by atoms with Gasteiger partial charge in [-0.2, -0.15) is 0 Å². The first-order valence-electron chi connectivity index (χ1n) is 7.40. The number of amides is 2. The van der Waals surface area contributed by atoms with Crippen molar-refractivity contribution in [2.75, 3.05) is 25.6 Å². The molecule has 0 saturated carbocycles. The van der Waals surface area contributed by atoms with Gasteiger partial charge in [0.15, 0.2) is 0 Å². The maximum absolute atomic E-state index is 11.9. The highest BCUT2D eigenvalue weighted by Gasteiger charge is 2.11. The molecule has 1 aromatic carbocycles. The number of aryl methyl sites for hydroxylation is 1. The predicted molar refractivity (Wildman–Crippen MR) is 86.7 cm³/mol. The number of nitrogens with zero attached hydrogens (tertiary/aromatic N) is 1. The van der Waals surface area contributed by atoms with Crippen LogP contribution in [0.15, 0.2) is 18.2 Å². The molecule has 0 aliphatic carbocycles. The number of rotatable bonds is 7. The zero-order chi connectivity index (χ0) is 15.8. The first-order chi connectivity index (χ1) is 9.97. The van der Waals surface area contributed by atoms with Crippen molar-refractivity contribution in [2.24, 2.45) is 0 Å². The Morgan fingerprint density at radius 3 is 2.67 bits per heavy atom. The van der Waals surface area contributed by atoms with Crippen LogP contribution in [0.3, 0.4) is 0 Å². The van der Waals surface area contributed by atoms with E-state index in [9.17, 15) is 4.79 Å². The lowest BCUT2D eigenvalue weighted by atomic mass is 10.1. The minimum atomic E-state index is -0.194. The molecule has 0 spiro atoms. The minimum Gasteiger partial charge on any atom is -0.396 e. The SMILES string of the molecule is CCC(CCO)NC(=O)NCc1ccc(C)cc1N(C)C. The number of benzene rings is 1. The fraction of sp³-hybridized carbons (Fsp3) is 0.562. The monoisotopic (exact) mass is 293 g/mol. The molecule has 1 rings (SSSR count). The quantitative estimate of drug-likeness (QED) is 0.720. The van der Waals surface area contributed by atoms with E-state index < -0.39 is 0 Å². The van der Waals surface area contributed by atoms with Gasteiger partial charge in [-0.05, 0) is 37.0 Å². The molecule has 5 heteroatoms. The number of carbonyl (C=O) groups excluding carboxylic acids is 1. The zero-order valence-electron chi connectivity index (χ0n) is 13.4. The van der Waals surface area contributed by atoms with E-state index in [1.807, 2.05) is 38.1 Å². The molecule has 0 saturated heterocycles. The summed E-state index contributed by atoms with van der Waals surface area (Å²) in [6.07, 6.45) is 1.39. The number of urea groups is 1. The lowest BCUT2D eigenvalue weighted by molar-refractivity contribution is 0.227. The van der Waals surface area contributed by atoms with Crippen LogP contribution in [0.2, 0.25) is 0 Å². The predicted octanol–water partition coefficient (Wildman–Crippen LogP) is 2.02. The van der Waals surface area contributed by atoms with Crippen molar-refractivity contribution in [3.63, 3.8) is 0 Å². The minimum absolute atomic E-state index is 0.0151. The highest BCUT2D eigenvalue weighted by molar-refractivity contribution is 5.74. The zero-order valence-corrected chi connectivity index (χ0v) is 13.4. The van der Waals surface area contributed by atoms with E-state index in [1.54, 1.807) is 0 Å². The molecule has 2 amide bonds. The Labute approximate surface area is 127 Å². The van der Waals surface area contributed by atoms with Crippen molar-refractivity contribution < 1.29 is 9.90 Å². The Bertz CT molecular complexity index is 461. The van der Waals surface area contributed by atoms with Crippen molar-refractivity contribution in [1.82, 2.24) is 10.6 Å². The van der Waals surface area contributed by atoms with Crippen LogP contribution >= 0.6 is 0 Å². The van der Waals surface area contributed by atoms with Gasteiger partial charge in [0, 0.05) is 39.0 Å². The molecule has 0 aliphatic heterocycles. The number of nitrogens with one attached hydrogen (secondary N) is 2. The van der Waals surface area contributed by atoms with Gasteiger partial charge in [-0.3, -0.25) is 0 Å². The van der Waals surface area contributed by atoms with E-state index in [0.29, 0.717) is 13.0 Å². The molecular weight excluding hydrogens is 266 g/mol. The summed E-state index contributed by atoms with van der Waals surface area (Å²) in [5, 5.41) is 14.7. The Hall–Kier alpha value is -1.75. The van der Waals surface area contributed by atoms with E-state index in [2.05, 4.69) is 23.6 Å². The average Bonchev–Trinajstić information content (AvgIpc) is 2.45. The van der Waals surface area contributed by atoms with Gasteiger partial charge >= 0.3 is 6.03 Å². The Kier molecular flexibility index (Phi) is 7.02. The summed E-state index contributed by atoms with van der Waals surface area (Å²) in [4.78, 5) is 13.9. The van der Waals surface area contributed by atoms with Gasteiger partial charge in [0.05, 0.1) is 0 Å². The summed E-state index contributed by atoms with van der Waals surface area (Å²) >= 11 is 0. The number of carbonyl (C=O) groups is 1. The van der Waals surface area contributed by atoms with E-state index in [1.165, 1.54) is 5.56 Å². The van der Waals surface area contributed by atoms with E-state index in [0.717, 1.165) is 17.7 Å². The van der Waals surface area contributed by atoms with Gasteiger partial charge in [0.2, 0.25) is 0 Å². The summed E-state index contributed by atoms with van der Waals surface area (Å²) in [5.74, 6) is 0. The fourth-order valence-electron chi connectivity index (χ4n) is 2.19. The van der Waals surface area contributed by atoms with Crippen molar-refractivity contribution >= 4 is 11.7 Å². The molecule has 0 aliphatic rings. The third-order valence-electron chi connectivity index (χ3n) is 3.47. The lowest BCUT2D eigenvalue weighted by Crippen LogP contribution is -2.42. The van der Waals surface area contributed by atoms with Crippen molar-refractivity contribution in [2.45, 2.75) is 39.3 Å². The van der Waals surface area contributed by atoms with Gasteiger partial charge < -0.3 is 20.6 Å². The fourth-order valence-corrected chi connectivity index (χ4v) is 2.19. The van der Waals surface area contributed by atoms with Crippen LogP contribution in [-0.2, 0) is 6.54 Å². The second-order valence-corrected chi connectivity index (χ2v) is 5.47. The average molecular weight is 293 g/mol. The smallest absolute Gasteiger partial charge is 0.315 e. The standard InChI is InChI=1S/C16H27N3O2/c1-5-14(8-9-20)18-16(21)17-11-13-7-6-12(2)10-15(13)19(3)4/h6-7,10,14,20H,5,8-9,11H2,1-4H3,(H2,17,18,21). The third kappa shape index (κ3) is 5.63. The van der Waals surface area contributed by atoms with Crippen LogP contribution in [-0.4, -0.2) is 37.9 Å². The molecule has 1 atom stereocenters. The Morgan fingerprint density at radius 1 is 1.38 bits per heavy atom. The molecular formula is C16H27N3O2. The Balaban J connectivity index is 2.60. The number of aliphatic hydroxyl groups is 1. The van der Waals surface area contributed by atoms with Crippen LogP contribution in [0.25, 0.3) is 0 Å². The van der Waals surface area contributed by atoms with Gasteiger partial charge in [-0.25, -0.2) is 4.79 Å². The summed E-state index contributed by atoms with van der Waals surface area (Å²) in [5.41, 5.74) is 3.38. The molecule has 1 unspecified atom stereocenters. The summed E-state index contributed by atoms with van der Waals surface area (Å²) in [7, 11) is 3.99. The van der Waals surface area contributed by atoms with E-state index in [-0.39, 0.29) is 18.7 Å². The first kappa shape index (κ1) is 17.3. The van der Waals surface area contributed by atoms with Crippen LogP contribution in [0.5, 0.6) is 0 Å². The van der Waals surface area contributed by atoms with E-state index >= 15 is 0 Å². The highest BCUT2D eigenvalue weighted by atomic mass is 16.3. The van der Waals surface area contributed by atoms with Crippen LogP contribution < -0.4 is 15.5 Å². The molecule has 21 heavy (non-hydrogen) atoms. The van der Waals surface area contributed by atoms with Crippen molar-refractivity contribution in [1.29, 1.82) is 0 Å². The van der Waals surface area contributed by atoms with Crippen molar-refractivity contribution in [3.8, 4) is 0 Å². The molecule has 0 bridgehead atoms. The number of hydrogen-bond acceptors (Lipinski definition) is 3. The maximum atomic E-state index is 11.9. The normalized spacial score (nSPS) is 11.9. The molecule has 0 radical (unpaired) electrons. The lowest BCUT2D eigenvalue weighted by Gasteiger charge is -2.20. The molecule has 3 N–H and O–H groups in total. The van der Waals surface area contributed by atoms with Crippen molar-refractivity contribution in [3.05, 3.63) is 29.3 Å². The number of aliphatic hydroxyl groups excluding tert-OH is 1. The summed E-state index contributed by atoms with van der Waals surface area (Å²) in [6, 6.07) is 6.01. The second-order valence-electron chi connectivity index (χ2n) is 5.47. The highest BCUT2D eigenvalue weighted by Crippen LogP contribution is 2.20.